The highest BCUT2D eigenvalue weighted by Gasteiger charge is 2.39. The maximum Gasteiger partial charge on any atom is 0.276 e. The minimum Gasteiger partial charge on any atom is -0.409 e. The van der Waals surface area contributed by atoms with Gasteiger partial charge in [-0.25, -0.2) is 0 Å². The third-order valence-electron chi connectivity index (χ3n) is 3.67. The van der Waals surface area contributed by atoms with Gasteiger partial charge in [-0.1, -0.05) is 10.3 Å². The average Bonchev–Trinajstić information content (AvgIpc) is 2.92. The summed E-state index contributed by atoms with van der Waals surface area (Å²) in [6, 6.07) is 1.63. The molecule has 1 aromatic rings. The number of nitrogens with two attached hydrogens (primary N) is 1. The van der Waals surface area contributed by atoms with Gasteiger partial charge < -0.3 is 20.4 Å². The Balaban J connectivity index is 2.06. The van der Waals surface area contributed by atoms with Crippen LogP contribution in [-0.2, 0) is 0 Å². The summed E-state index contributed by atoms with van der Waals surface area (Å²) in [4.78, 5) is 14.0. The Morgan fingerprint density at radius 1 is 1.60 bits per heavy atom. The highest BCUT2D eigenvalue weighted by molar-refractivity contribution is 8.00. The van der Waals surface area contributed by atoms with E-state index in [4.69, 9.17) is 15.5 Å². The van der Waals surface area contributed by atoms with Crippen LogP contribution in [0.25, 0.3) is 0 Å². The number of hydrogen-bond donors (Lipinski definition) is 2. The first-order chi connectivity index (χ1) is 9.52. The molecular formula is C12H18N4O3S. The molecule has 20 heavy (non-hydrogen) atoms. The lowest BCUT2D eigenvalue weighted by molar-refractivity contribution is 0.0707. The fourth-order valence-electron chi connectivity index (χ4n) is 2.36. The number of carbonyl (C=O) groups excluding carboxylic acids is 1. The number of amides is 1. The summed E-state index contributed by atoms with van der Waals surface area (Å²) in [7, 11) is 0. The molecule has 8 heteroatoms. The Hall–Kier alpha value is -1.70. The van der Waals surface area contributed by atoms with Gasteiger partial charge in [-0.2, -0.15) is 11.8 Å². The number of thioether (sulfide) groups is 1. The number of hydrogen-bond acceptors (Lipinski definition) is 6. The SMILES string of the molecule is CSC1(C(N)=NO)CCN(C(=O)c2cc(C)on2)CC1. The molecule has 110 valence electrons. The Labute approximate surface area is 121 Å². The topological polar surface area (TPSA) is 105 Å². The zero-order chi connectivity index (χ0) is 14.8. The van der Waals surface area contributed by atoms with Crippen LogP contribution in [0.4, 0.5) is 0 Å². The number of amidine groups is 1. The van der Waals surface area contributed by atoms with Crippen LogP contribution in [0.2, 0.25) is 0 Å². The van der Waals surface area contributed by atoms with Gasteiger partial charge in [0.2, 0.25) is 0 Å². The van der Waals surface area contributed by atoms with Gasteiger partial charge in [0.15, 0.2) is 11.5 Å². The second-order valence-corrected chi connectivity index (χ2v) is 5.99. The number of aromatic nitrogens is 1. The summed E-state index contributed by atoms with van der Waals surface area (Å²) < 4.78 is 4.52. The summed E-state index contributed by atoms with van der Waals surface area (Å²) >= 11 is 1.55. The molecule has 1 aromatic heterocycles. The van der Waals surface area contributed by atoms with Crippen molar-refractivity contribution < 1.29 is 14.5 Å². The van der Waals surface area contributed by atoms with E-state index in [-0.39, 0.29) is 11.7 Å². The molecule has 2 heterocycles. The van der Waals surface area contributed by atoms with Gasteiger partial charge in [0, 0.05) is 19.2 Å². The highest BCUT2D eigenvalue weighted by Crippen LogP contribution is 2.35. The largest absolute Gasteiger partial charge is 0.409 e. The number of likely N-dealkylation sites (tertiary alicyclic amines) is 1. The molecule has 1 aliphatic heterocycles. The molecule has 3 N–H and O–H groups in total. The van der Waals surface area contributed by atoms with Gasteiger partial charge in [0.25, 0.3) is 5.91 Å². The smallest absolute Gasteiger partial charge is 0.276 e. The van der Waals surface area contributed by atoms with Crippen LogP contribution in [-0.4, -0.2) is 51.1 Å². The zero-order valence-electron chi connectivity index (χ0n) is 11.5. The molecule has 0 unspecified atom stereocenters. The van der Waals surface area contributed by atoms with E-state index in [0.717, 1.165) is 0 Å². The van der Waals surface area contributed by atoms with Crippen molar-refractivity contribution in [1.82, 2.24) is 10.1 Å². The fraction of sp³-hybridized carbons (Fsp3) is 0.583. The number of oxime groups is 1. The van der Waals surface area contributed by atoms with Crippen LogP contribution in [0, 0.1) is 6.92 Å². The monoisotopic (exact) mass is 298 g/mol. The molecule has 1 aliphatic rings. The van der Waals surface area contributed by atoms with E-state index >= 15 is 0 Å². The first kappa shape index (κ1) is 14.7. The van der Waals surface area contributed by atoms with Crippen LogP contribution < -0.4 is 5.73 Å². The first-order valence-electron chi connectivity index (χ1n) is 6.28. The van der Waals surface area contributed by atoms with E-state index in [2.05, 4.69) is 10.3 Å². The van der Waals surface area contributed by atoms with Gasteiger partial charge in [0.05, 0.1) is 4.75 Å². The molecule has 1 amide bonds. The van der Waals surface area contributed by atoms with Gasteiger partial charge in [-0.05, 0) is 26.0 Å². The molecule has 0 aliphatic carbocycles. The third kappa shape index (κ3) is 2.60. The number of rotatable bonds is 3. The van der Waals surface area contributed by atoms with Crippen molar-refractivity contribution in [1.29, 1.82) is 0 Å². The Kier molecular flexibility index (Phi) is 4.22. The van der Waals surface area contributed by atoms with Gasteiger partial charge in [-0.15, -0.1) is 0 Å². The van der Waals surface area contributed by atoms with E-state index in [0.29, 0.717) is 37.4 Å². The fourth-order valence-corrected chi connectivity index (χ4v) is 3.20. The maximum absolute atomic E-state index is 12.2. The summed E-state index contributed by atoms with van der Waals surface area (Å²) in [6.45, 7) is 2.83. The molecule has 7 nitrogen and oxygen atoms in total. The quantitative estimate of drug-likeness (QED) is 0.374. The lowest BCUT2D eigenvalue weighted by atomic mass is 9.94. The minimum absolute atomic E-state index is 0.143. The van der Waals surface area contributed by atoms with E-state index < -0.39 is 4.75 Å². The first-order valence-corrected chi connectivity index (χ1v) is 7.50. The van der Waals surface area contributed by atoms with Crippen molar-refractivity contribution in [2.24, 2.45) is 10.9 Å². The summed E-state index contributed by atoms with van der Waals surface area (Å²) in [5.74, 6) is 0.686. The average molecular weight is 298 g/mol. The Morgan fingerprint density at radius 2 is 2.25 bits per heavy atom. The van der Waals surface area contributed by atoms with Gasteiger partial charge in [0.1, 0.15) is 5.76 Å². The van der Waals surface area contributed by atoms with E-state index in [1.165, 1.54) is 0 Å². The second kappa shape index (κ2) is 5.74. The summed E-state index contributed by atoms with van der Waals surface area (Å²) in [5, 5.41) is 15.8. The molecule has 0 atom stereocenters. The molecule has 0 bridgehead atoms. The second-order valence-electron chi connectivity index (χ2n) is 4.80. The molecule has 2 rings (SSSR count). The normalized spacial score (nSPS) is 19.1. The molecule has 0 spiro atoms. The van der Waals surface area contributed by atoms with Crippen LogP contribution in [0.15, 0.2) is 15.7 Å². The predicted molar refractivity (Wildman–Crippen MR) is 76.0 cm³/mol. The minimum atomic E-state index is -0.398. The van der Waals surface area contributed by atoms with Crippen LogP contribution >= 0.6 is 11.8 Å². The van der Waals surface area contributed by atoms with E-state index in [1.54, 1.807) is 29.7 Å². The molecular weight excluding hydrogens is 280 g/mol. The number of nitrogens with zero attached hydrogens (tertiary/aromatic N) is 3. The van der Waals surface area contributed by atoms with Crippen molar-refractivity contribution in [3.8, 4) is 0 Å². The predicted octanol–water partition coefficient (Wildman–Crippen LogP) is 1.07. The standard InChI is InChI=1S/C12H18N4O3S/c1-8-7-9(15-19-8)10(17)16-5-3-12(20-2,4-6-16)11(13)14-18/h7,18H,3-6H2,1-2H3,(H2,13,14). The van der Waals surface area contributed by atoms with Crippen LogP contribution in [0.5, 0.6) is 0 Å². The van der Waals surface area contributed by atoms with Crippen molar-refractivity contribution in [3.05, 3.63) is 17.5 Å². The molecule has 0 saturated carbocycles. The third-order valence-corrected chi connectivity index (χ3v) is 5.07. The van der Waals surface area contributed by atoms with Crippen molar-refractivity contribution in [2.75, 3.05) is 19.3 Å². The van der Waals surface area contributed by atoms with Gasteiger partial charge in [-0.3, -0.25) is 4.79 Å². The van der Waals surface area contributed by atoms with E-state index in [1.807, 2.05) is 6.26 Å². The molecule has 0 aromatic carbocycles. The molecule has 1 fully saturated rings. The van der Waals surface area contributed by atoms with Crippen molar-refractivity contribution >= 4 is 23.5 Å². The summed E-state index contributed by atoms with van der Waals surface area (Å²) in [6.07, 6.45) is 3.22. The van der Waals surface area contributed by atoms with Crippen molar-refractivity contribution in [2.45, 2.75) is 24.5 Å². The summed E-state index contributed by atoms with van der Waals surface area (Å²) in [5.41, 5.74) is 6.10. The molecule has 1 saturated heterocycles. The maximum atomic E-state index is 12.2. The Bertz CT molecular complexity index is 521. The van der Waals surface area contributed by atoms with Gasteiger partial charge >= 0.3 is 0 Å². The lowest BCUT2D eigenvalue weighted by Crippen LogP contribution is -2.51. The number of piperidine rings is 1. The number of aryl methyl sites for hydroxylation is 1. The number of carbonyl (C=O) groups is 1. The van der Waals surface area contributed by atoms with Crippen LogP contribution in [0.1, 0.15) is 29.1 Å². The van der Waals surface area contributed by atoms with E-state index in [9.17, 15) is 4.79 Å². The van der Waals surface area contributed by atoms with Crippen LogP contribution in [0.3, 0.4) is 0 Å². The highest BCUT2D eigenvalue weighted by atomic mass is 32.2. The van der Waals surface area contributed by atoms with Crippen molar-refractivity contribution in [3.63, 3.8) is 0 Å². The lowest BCUT2D eigenvalue weighted by Gasteiger charge is -2.39. The zero-order valence-corrected chi connectivity index (χ0v) is 12.3. The molecule has 0 radical (unpaired) electrons. The Morgan fingerprint density at radius 3 is 2.70 bits per heavy atom.